The van der Waals surface area contributed by atoms with Gasteiger partial charge in [0.1, 0.15) is 5.01 Å². The van der Waals surface area contributed by atoms with Crippen LogP contribution < -0.4 is 10.6 Å². The van der Waals surface area contributed by atoms with Crippen LogP contribution in [0.25, 0.3) is 10.6 Å². The molecule has 4 heteroatoms. The van der Waals surface area contributed by atoms with Crippen LogP contribution in [0.2, 0.25) is 0 Å². The Labute approximate surface area is 119 Å². The average molecular weight is 275 g/mol. The van der Waals surface area contributed by atoms with Crippen molar-refractivity contribution in [1.82, 2.24) is 4.98 Å². The van der Waals surface area contributed by atoms with E-state index in [0.29, 0.717) is 0 Å². The number of aryl methyl sites for hydroxylation is 1. The third-order valence-electron chi connectivity index (χ3n) is 3.11. The number of nitrogens with two attached hydrogens (primary N) is 1. The molecule has 2 N–H and O–H groups in total. The Morgan fingerprint density at radius 3 is 2.32 bits per heavy atom. The molecule has 102 valence electrons. The highest BCUT2D eigenvalue weighted by Gasteiger charge is 2.14. The summed E-state index contributed by atoms with van der Waals surface area (Å²) in [7, 11) is 4.09. The first-order valence-corrected chi connectivity index (χ1v) is 7.37. The molecule has 3 nitrogen and oxygen atoms in total. The van der Waals surface area contributed by atoms with Gasteiger partial charge >= 0.3 is 0 Å². The van der Waals surface area contributed by atoms with Crippen molar-refractivity contribution in [3.8, 4) is 10.6 Å². The van der Waals surface area contributed by atoms with E-state index in [1.54, 1.807) is 11.3 Å². The molecule has 0 aliphatic heterocycles. The van der Waals surface area contributed by atoms with E-state index in [-0.39, 0.29) is 6.04 Å². The van der Waals surface area contributed by atoms with E-state index < -0.39 is 0 Å². The molecule has 0 aliphatic carbocycles. The molecule has 2 rings (SSSR count). The minimum Gasteiger partial charge on any atom is -0.378 e. The second-order valence-electron chi connectivity index (χ2n) is 4.91. The molecule has 0 radical (unpaired) electrons. The number of benzene rings is 1. The topological polar surface area (TPSA) is 42.2 Å². The van der Waals surface area contributed by atoms with Crippen molar-refractivity contribution in [2.45, 2.75) is 26.3 Å². The van der Waals surface area contributed by atoms with Crippen molar-refractivity contribution in [2.24, 2.45) is 5.73 Å². The lowest BCUT2D eigenvalue weighted by atomic mass is 10.2. The number of nitrogens with zero attached hydrogens (tertiary/aromatic N) is 2. The van der Waals surface area contributed by atoms with Crippen LogP contribution in [0.1, 0.15) is 30.5 Å². The first kappa shape index (κ1) is 14.0. The van der Waals surface area contributed by atoms with Crippen molar-refractivity contribution < 1.29 is 0 Å². The molecule has 19 heavy (non-hydrogen) atoms. The molecular formula is C15H21N3S. The van der Waals surface area contributed by atoms with Gasteiger partial charge in [-0.2, -0.15) is 0 Å². The quantitative estimate of drug-likeness (QED) is 0.929. The van der Waals surface area contributed by atoms with Crippen molar-refractivity contribution in [3.63, 3.8) is 0 Å². The van der Waals surface area contributed by atoms with E-state index >= 15 is 0 Å². The highest BCUT2D eigenvalue weighted by atomic mass is 32.1. The van der Waals surface area contributed by atoms with Crippen LogP contribution in [0.4, 0.5) is 5.69 Å². The number of thiazole rings is 1. The van der Waals surface area contributed by atoms with Crippen molar-refractivity contribution in [2.75, 3.05) is 19.0 Å². The first-order chi connectivity index (χ1) is 9.02. The lowest BCUT2D eigenvalue weighted by molar-refractivity contribution is 0.814. The molecular weight excluding hydrogens is 254 g/mol. The van der Waals surface area contributed by atoms with Gasteiger partial charge in [0.2, 0.25) is 0 Å². The second-order valence-corrected chi connectivity index (χ2v) is 5.94. The fourth-order valence-electron chi connectivity index (χ4n) is 2.00. The molecule has 2 aromatic rings. The Morgan fingerprint density at radius 1 is 1.26 bits per heavy atom. The largest absolute Gasteiger partial charge is 0.378 e. The minimum atomic E-state index is 0.0576. The van der Waals surface area contributed by atoms with Crippen LogP contribution in [-0.4, -0.2) is 19.1 Å². The average Bonchev–Trinajstić information content (AvgIpc) is 2.83. The van der Waals surface area contributed by atoms with Crippen LogP contribution in [-0.2, 0) is 6.42 Å². The van der Waals surface area contributed by atoms with E-state index in [2.05, 4.69) is 36.1 Å². The predicted octanol–water partition coefficient (Wildman–Crippen LogP) is 3.46. The van der Waals surface area contributed by atoms with Crippen molar-refractivity contribution in [3.05, 3.63) is 34.8 Å². The molecule has 0 aliphatic rings. The summed E-state index contributed by atoms with van der Waals surface area (Å²) in [6, 6.07) is 8.54. The minimum absolute atomic E-state index is 0.0576. The van der Waals surface area contributed by atoms with Crippen LogP contribution in [0, 0.1) is 0 Å². The van der Waals surface area contributed by atoms with Crippen molar-refractivity contribution >= 4 is 17.0 Å². The number of hydrogen-bond acceptors (Lipinski definition) is 4. The maximum Gasteiger partial charge on any atom is 0.123 e. The highest BCUT2D eigenvalue weighted by Crippen LogP contribution is 2.32. The Morgan fingerprint density at radius 2 is 1.89 bits per heavy atom. The van der Waals surface area contributed by atoms with Gasteiger partial charge in [0, 0.05) is 36.3 Å². The molecule has 0 saturated heterocycles. The standard InChI is InChI=1S/C15H21N3S/c1-5-13-14(10(2)16)19-15(17-13)11-6-8-12(9-7-11)18(3)4/h6-10H,5,16H2,1-4H3. The summed E-state index contributed by atoms with van der Waals surface area (Å²) < 4.78 is 0. The van der Waals surface area contributed by atoms with Gasteiger partial charge in [-0.05, 0) is 37.6 Å². The molecule has 1 aromatic carbocycles. The first-order valence-electron chi connectivity index (χ1n) is 6.55. The molecule has 0 fully saturated rings. The molecule has 0 amide bonds. The number of rotatable bonds is 4. The third-order valence-corrected chi connectivity index (χ3v) is 4.45. The van der Waals surface area contributed by atoms with Gasteiger partial charge in [0.15, 0.2) is 0 Å². The van der Waals surface area contributed by atoms with Gasteiger partial charge in [0.05, 0.1) is 5.69 Å². The van der Waals surface area contributed by atoms with E-state index in [9.17, 15) is 0 Å². The lowest BCUT2D eigenvalue weighted by Crippen LogP contribution is -2.07. The molecule has 1 atom stereocenters. The molecule has 0 spiro atoms. The second kappa shape index (κ2) is 5.72. The Balaban J connectivity index is 2.36. The zero-order valence-corrected chi connectivity index (χ0v) is 12.8. The van der Waals surface area contributed by atoms with Crippen LogP contribution >= 0.6 is 11.3 Å². The zero-order valence-electron chi connectivity index (χ0n) is 12.0. The van der Waals surface area contributed by atoms with Crippen LogP contribution in [0.15, 0.2) is 24.3 Å². The summed E-state index contributed by atoms with van der Waals surface area (Å²) in [6.45, 7) is 4.14. The molecule has 1 unspecified atom stereocenters. The van der Waals surface area contributed by atoms with E-state index in [0.717, 1.165) is 22.7 Å². The number of aromatic nitrogens is 1. The predicted molar refractivity (Wildman–Crippen MR) is 83.9 cm³/mol. The summed E-state index contributed by atoms with van der Waals surface area (Å²) in [6.07, 6.45) is 0.934. The highest BCUT2D eigenvalue weighted by molar-refractivity contribution is 7.15. The van der Waals surface area contributed by atoms with Crippen LogP contribution in [0.5, 0.6) is 0 Å². The number of hydrogen-bond donors (Lipinski definition) is 1. The molecule has 1 aromatic heterocycles. The van der Waals surface area contributed by atoms with Gasteiger partial charge in [-0.25, -0.2) is 4.98 Å². The Bertz CT molecular complexity index is 541. The Kier molecular flexibility index (Phi) is 4.22. The maximum atomic E-state index is 6.01. The lowest BCUT2D eigenvalue weighted by Gasteiger charge is -2.11. The third kappa shape index (κ3) is 2.96. The zero-order chi connectivity index (χ0) is 14.0. The summed E-state index contributed by atoms with van der Waals surface area (Å²) in [4.78, 5) is 8.02. The Hall–Kier alpha value is -1.39. The molecule has 1 heterocycles. The van der Waals surface area contributed by atoms with Gasteiger partial charge in [-0.1, -0.05) is 6.92 Å². The normalized spacial score (nSPS) is 12.5. The maximum absolute atomic E-state index is 6.01. The van der Waals surface area contributed by atoms with E-state index in [1.165, 1.54) is 10.6 Å². The fraction of sp³-hybridized carbons (Fsp3) is 0.400. The monoisotopic (exact) mass is 275 g/mol. The molecule has 0 bridgehead atoms. The summed E-state index contributed by atoms with van der Waals surface area (Å²) >= 11 is 1.71. The number of anilines is 1. The van der Waals surface area contributed by atoms with Gasteiger partial charge in [0.25, 0.3) is 0 Å². The van der Waals surface area contributed by atoms with Crippen molar-refractivity contribution in [1.29, 1.82) is 0 Å². The summed E-state index contributed by atoms with van der Waals surface area (Å²) in [5, 5.41) is 1.06. The SMILES string of the molecule is CCc1nc(-c2ccc(N(C)C)cc2)sc1C(C)N. The van der Waals surface area contributed by atoms with Gasteiger partial charge < -0.3 is 10.6 Å². The van der Waals surface area contributed by atoms with Gasteiger partial charge in [-0.3, -0.25) is 0 Å². The summed E-state index contributed by atoms with van der Waals surface area (Å²) in [5.74, 6) is 0. The van der Waals surface area contributed by atoms with E-state index in [4.69, 9.17) is 10.7 Å². The fourth-order valence-corrected chi connectivity index (χ4v) is 3.11. The molecule has 0 saturated carbocycles. The van der Waals surface area contributed by atoms with Crippen LogP contribution in [0.3, 0.4) is 0 Å². The summed E-state index contributed by atoms with van der Waals surface area (Å²) in [5.41, 5.74) is 9.50. The van der Waals surface area contributed by atoms with E-state index in [1.807, 2.05) is 21.0 Å². The smallest absolute Gasteiger partial charge is 0.123 e. The van der Waals surface area contributed by atoms with Gasteiger partial charge in [-0.15, -0.1) is 11.3 Å².